The van der Waals surface area contributed by atoms with Crippen LogP contribution in [0.2, 0.25) is 0 Å². The number of rotatable bonds is 6. The fourth-order valence-corrected chi connectivity index (χ4v) is 3.02. The van der Waals surface area contributed by atoms with Gasteiger partial charge in [0.25, 0.3) is 11.1 Å². The lowest BCUT2D eigenvalue weighted by Crippen LogP contribution is -1.99. The molecule has 0 fully saturated rings. The molecule has 0 unspecified atom stereocenters. The van der Waals surface area contributed by atoms with Gasteiger partial charge in [0.1, 0.15) is 19.2 Å². The van der Waals surface area contributed by atoms with E-state index in [4.69, 9.17) is 8.94 Å². The van der Waals surface area contributed by atoms with Crippen LogP contribution in [0.3, 0.4) is 0 Å². The number of aromatic nitrogens is 7. The molecule has 0 amide bonds. The maximum Gasteiger partial charge on any atom is 0.277 e. The van der Waals surface area contributed by atoms with Gasteiger partial charge in [-0.15, -0.1) is 21.5 Å². The molecule has 0 aliphatic heterocycles. The molecule has 4 rings (SSSR count). The average Bonchev–Trinajstić information content (AvgIpc) is 3.33. The molecule has 4 aromatic heterocycles. The highest BCUT2D eigenvalue weighted by atomic mass is 32.2. The van der Waals surface area contributed by atoms with Gasteiger partial charge in [-0.25, -0.2) is 9.67 Å². The molecule has 0 bridgehead atoms. The second-order valence-electron chi connectivity index (χ2n) is 4.34. The number of nitrogens with zero attached hydrogens (tertiary/aromatic N) is 7. The predicted octanol–water partition coefficient (Wildman–Crippen LogP) is 2.11. The molecule has 9 nitrogen and oxygen atoms in total. The Morgan fingerprint density at radius 1 is 1.30 bits per heavy atom. The summed E-state index contributed by atoms with van der Waals surface area (Å²) in [5.74, 6) is 2.05. The summed E-state index contributed by atoms with van der Waals surface area (Å²) < 4.78 is 12.4. The van der Waals surface area contributed by atoms with Crippen LogP contribution in [-0.2, 0) is 12.3 Å². The first-order valence-electron chi connectivity index (χ1n) is 6.51. The summed E-state index contributed by atoms with van der Waals surface area (Å²) in [4.78, 5) is 9.14. The van der Waals surface area contributed by atoms with Crippen LogP contribution in [0.4, 0.5) is 0 Å². The third-order valence-corrected chi connectivity index (χ3v) is 4.41. The minimum atomic E-state index is 0.387. The van der Waals surface area contributed by atoms with Crippen molar-refractivity contribution in [1.29, 1.82) is 0 Å². The number of hydrogen-bond donors (Lipinski definition) is 0. The van der Waals surface area contributed by atoms with Crippen LogP contribution in [0.5, 0.6) is 0 Å². The molecule has 0 aliphatic rings. The predicted molar refractivity (Wildman–Crippen MR) is 80.6 cm³/mol. The fraction of sp³-hybridized carbons (Fsp3) is 0.167. The molecule has 0 spiro atoms. The van der Waals surface area contributed by atoms with E-state index in [1.54, 1.807) is 22.3 Å². The molecule has 0 N–H and O–H groups in total. The van der Waals surface area contributed by atoms with Crippen molar-refractivity contribution in [2.45, 2.75) is 17.5 Å². The van der Waals surface area contributed by atoms with E-state index in [9.17, 15) is 0 Å². The standard InChI is InChI=1S/C12H9N7O2S2/c1-2-8(22-3-1)11-15-9(18-21-11)5-23-12-17-16-10(20-12)4-19-7-13-6-14-19/h1-3,6-7H,4-5H2. The molecule has 4 aromatic rings. The lowest BCUT2D eigenvalue weighted by molar-refractivity contribution is 0.397. The third-order valence-electron chi connectivity index (χ3n) is 2.74. The van der Waals surface area contributed by atoms with E-state index >= 15 is 0 Å². The van der Waals surface area contributed by atoms with Gasteiger partial charge in [0.15, 0.2) is 5.82 Å². The van der Waals surface area contributed by atoms with Gasteiger partial charge in [-0.2, -0.15) is 10.1 Å². The Bertz CT molecular complexity index is 869. The van der Waals surface area contributed by atoms with Crippen molar-refractivity contribution in [2.75, 3.05) is 0 Å². The minimum absolute atomic E-state index is 0.387. The summed E-state index contributed by atoms with van der Waals surface area (Å²) >= 11 is 2.90. The Kier molecular flexibility index (Phi) is 3.86. The van der Waals surface area contributed by atoms with E-state index in [2.05, 4.69) is 30.4 Å². The molecule has 0 saturated carbocycles. The van der Waals surface area contributed by atoms with E-state index in [-0.39, 0.29) is 0 Å². The number of thiophene rings is 1. The van der Waals surface area contributed by atoms with Gasteiger partial charge >= 0.3 is 0 Å². The fourth-order valence-electron chi connectivity index (χ4n) is 1.75. The summed E-state index contributed by atoms with van der Waals surface area (Å²) in [6.45, 7) is 0.387. The van der Waals surface area contributed by atoms with Gasteiger partial charge in [0, 0.05) is 0 Å². The van der Waals surface area contributed by atoms with Crippen LogP contribution >= 0.6 is 23.1 Å². The first-order chi connectivity index (χ1) is 11.4. The number of thioether (sulfide) groups is 1. The summed E-state index contributed by atoms with van der Waals surface area (Å²) in [6, 6.07) is 3.87. The van der Waals surface area contributed by atoms with Crippen molar-refractivity contribution in [2.24, 2.45) is 0 Å². The zero-order valence-corrected chi connectivity index (χ0v) is 13.2. The monoisotopic (exact) mass is 347 g/mol. The van der Waals surface area contributed by atoms with Crippen molar-refractivity contribution in [3.63, 3.8) is 0 Å². The Balaban J connectivity index is 1.37. The van der Waals surface area contributed by atoms with E-state index in [0.717, 1.165) is 4.88 Å². The molecule has 0 aromatic carbocycles. The quantitative estimate of drug-likeness (QED) is 0.484. The molecule has 11 heteroatoms. The van der Waals surface area contributed by atoms with E-state index in [1.807, 2.05) is 17.5 Å². The Labute approximate surface area is 137 Å². The molecule has 0 saturated heterocycles. The van der Waals surface area contributed by atoms with Crippen molar-refractivity contribution in [1.82, 2.24) is 35.1 Å². The lowest BCUT2D eigenvalue weighted by Gasteiger charge is -1.93. The Morgan fingerprint density at radius 3 is 3.13 bits per heavy atom. The van der Waals surface area contributed by atoms with Gasteiger partial charge in [-0.1, -0.05) is 23.0 Å². The van der Waals surface area contributed by atoms with E-state index < -0.39 is 0 Å². The van der Waals surface area contributed by atoms with Crippen molar-refractivity contribution < 1.29 is 8.94 Å². The van der Waals surface area contributed by atoms with Crippen LogP contribution in [0, 0.1) is 0 Å². The van der Waals surface area contributed by atoms with Gasteiger partial charge in [-0.05, 0) is 11.4 Å². The second-order valence-corrected chi connectivity index (χ2v) is 6.21. The van der Waals surface area contributed by atoms with E-state index in [1.165, 1.54) is 18.1 Å². The molecule has 0 aliphatic carbocycles. The minimum Gasteiger partial charge on any atom is -0.414 e. The van der Waals surface area contributed by atoms with Crippen LogP contribution in [0.25, 0.3) is 10.8 Å². The lowest BCUT2D eigenvalue weighted by atomic mass is 10.5. The molecule has 4 heterocycles. The summed E-state index contributed by atoms with van der Waals surface area (Å²) in [7, 11) is 0. The van der Waals surface area contributed by atoms with Gasteiger partial charge in [0.2, 0.25) is 5.89 Å². The largest absolute Gasteiger partial charge is 0.414 e. The van der Waals surface area contributed by atoms with E-state index in [0.29, 0.717) is 35.1 Å². The summed E-state index contributed by atoms with van der Waals surface area (Å²) in [5, 5.41) is 18.3. The Morgan fingerprint density at radius 2 is 2.30 bits per heavy atom. The van der Waals surface area contributed by atoms with Gasteiger partial charge in [-0.3, -0.25) is 0 Å². The van der Waals surface area contributed by atoms with Crippen molar-refractivity contribution in [3.05, 3.63) is 41.9 Å². The highest BCUT2D eigenvalue weighted by molar-refractivity contribution is 7.98. The average molecular weight is 347 g/mol. The topological polar surface area (TPSA) is 109 Å². The normalized spacial score (nSPS) is 11.1. The van der Waals surface area contributed by atoms with Crippen LogP contribution in [0.15, 0.2) is 44.3 Å². The highest BCUT2D eigenvalue weighted by Crippen LogP contribution is 2.25. The first kappa shape index (κ1) is 14.1. The molecule has 0 atom stereocenters. The number of hydrogen-bond acceptors (Lipinski definition) is 10. The van der Waals surface area contributed by atoms with Crippen LogP contribution < -0.4 is 0 Å². The smallest absolute Gasteiger partial charge is 0.277 e. The summed E-state index contributed by atoms with van der Waals surface area (Å²) in [5.41, 5.74) is 0. The molecule has 0 radical (unpaired) electrons. The summed E-state index contributed by atoms with van der Waals surface area (Å²) in [6.07, 6.45) is 3.04. The van der Waals surface area contributed by atoms with Crippen LogP contribution in [0.1, 0.15) is 11.7 Å². The van der Waals surface area contributed by atoms with Crippen LogP contribution in [-0.4, -0.2) is 35.1 Å². The van der Waals surface area contributed by atoms with Crippen molar-refractivity contribution in [3.8, 4) is 10.8 Å². The second kappa shape index (κ2) is 6.30. The maximum absolute atomic E-state index is 5.53. The molecular formula is C12H9N7O2S2. The molecule has 23 heavy (non-hydrogen) atoms. The zero-order valence-electron chi connectivity index (χ0n) is 11.6. The van der Waals surface area contributed by atoms with Crippen molar-refractivity contribution >= 4 is 23.1 Å². The van der Waals surface area contributed by atoms with Gasteiger partial charge in [0.05, 0.1) is 10.6 Å². The SMILES string of the molecule is c1csc(-c2nc(CSc3nnc(Cn4cncn4)o3)no2)c1. The highest BCUT2D eigenvalue weighted by Gasteiger charge is 2.12. The Hall–Kier alpha value is -2.53. The maximum atomic E-state index is 5.53. The molecule has 116 valence electrons. The molecular weight excluding hydrogens is 338 g/mol. The first-order valence-corrected chi connectivity index (χ1v) is 8.37. The third kappa shape index (κ3) is 3.29. The zero-order chi connectivity index (χ0) is 15.5. The van der Waals surface area contributed by atoms with Gasteiger partial charge < -0.3 is 8.94 Å².